The zero-order valence-electron chi connectivity index (χ0n) is 15.3. The van der Waals surface area contributed by atoms with E-state index in [-0.39, 0.29) is 11.4 Å². The van der Waals surface area contributed by atoms with Crippen LogP contribution in [0.4, 0.5) is 10.1 Å². The Hall–Kier alpha value is -3.54. The third-order valence-corrected chi connectivity index (χ3v) is 4.16. The molecule has 0 unspecified atom stereocenters. The molecule has 3 aromatic rings. The third kappa shape index (κ3) is 5.01. The number of aromatic carboxylic acids is 1. The Morgan fingerprint density at radius 3 is 2.29 bits per heavy atom. The van der Waals surface area contributed by atoms with Crippen LogP contribution in [0.25, 0.3) is 0 Å². The summed E-state index contributed by atoms with van der Waals surface area (Å²) in [7, 11) is 1.57. The van der Waals surface area contributed by atoms with Gasteiger partial charge < -0.3 is 19.9 Å². The van der Waals surface area contributed by atoms with Crippen LogP contribution in [-0.2, 0) is 13.2 Å². The summed E-state index contributed by atoms with van der Waals surface area (Å²) in [6.07, 6.45) is 0. The lowest BCUT2D eigenvalue weighted by atomic mass is 10.1. The summed E-state index contributed by atoms with van der Waals surface area (Å²) < 4.78 is 24.2. The van der Waals surface area contributed by atoms with Crippen LogP contribution in [0.5, 0.6) is 11.5 Å². The van der Waals surface area contributed by atoms with Crippen molar-refractivity contribution in [3.8, 4) is 11.5 Å². The van der Waals surface area contributed by atoms with Gasteiger partial charge in [-0.1, -0.05) is 18.2 Å². The van der Waals surface area contributed by atoms with Crippen LogP contribution in [0, 0.1) is 5.82 Å². The van der Waals surface area contributed by atoms with Crippen LogP contribution in [0.2, 0.25) is 0 Å². The number of carboxylic acids is 1. The minimum Gasteiger partial charge on any atom is -0.493 e. The Morgan fingerprint density at radius 1 is 0.964 bits per heavy atom. The lowest BCUT2D eigenvalue weighted by Gasteiger charge is -2.13. The molecule has 0 fully saturated rings. The van der Waals surface area contributed by atoms with Gasteiger partial charge in [-0.2, -0.15) is 0 Å². The molecule has 144 valence electrons. The average Bonchev–Trinajstić information content (AvgIpc) is 2.72. The molecule has 0 bridgehead atoms. The second-order valence-electron chi connectivity index (χ2n) is 6.14. The highest BCUT2D eigenvalue weighted by molar-refractivity contribution is 5.87. The minimum absolute atomic E-state index is 0.245. The van der Waals surface area contributed by atoms with E-state index in [4.69, 9.17) is 14.6 Å². The minimum atomic E-state index is -0.951. The van der Waals surface area contributed by atoms with E-state index < -0.39 is 5.97 Å². The molecule has 3 rings (SSSR count). The number of benzene rings is 3. The van der Waals surface area contributed by atoms with Crippen LogP contribution in [-0.4, -0.2) is 18.2 Å². The van der Waals surface area contributed by atoms with Gasteiger partial charge in [-0.3, -0.25) is 0 Å². The third-order valence-electron chi connectivity index (χ3n) is 4.16. The fourth-order valence-corrected chi connectivity index (χ4v) is 2.62. The zero-order valence-corrected chi connectivity index (χ0v) is 15.3. The molecule has 0 heterocycles. The van der Waals surface area contributed by atoms with Crippen molar-refractivity contribution in [3.63, 3.8) is 0 Å². The van der Waals surface area contributed by atoms with Crippen molar-refractivity contribution in [1.29, 1.82) is 0 Å². The number of nitrogens with one attached hydrogen (secondary N) is 1. The molecule has 0 aromatic heterocycles. The maximum absolute atomic E-state index is 13.0. The Balaban J connectivity index is 1.61. The Bertz CT molecular complexity index is 940. The highest BCUT2D eigenvalue weighted by atomic mass is 19.1. The first kappa shape index (κ1) is 19.2. The summed E-state index contributed by atoms with van der Waals surface area (Å²) >= 11 is 0. The summed E-state index contributed by atoms with van der Waals surface area (Å²) in [4.78, 5) is 10.9. The molecular formula is C22H20FNO4. The summed E-state index contributed by atoms with van der Waals surface area (Å²) in [6, 6.07) is 18.3. The van der Waals surface area contributed by atoms with Crippen molar-refractivity contribution >= 4 is 11.7 Å². The lowest BCUT2D eigenvalue weighted by molar-refractivity contribution is 0.0697. The fourth-order valence-electron chi connectivity index (χ4n) is 2.62. The molecule has 6 heteroatoms. The molecule has 0 amide bonds. The molecule has 0 saturated carbocycles. The van der Waals surface area contributed by atoms with Gasteiger partial charge in [0.05, 0.1) is 12.7 Å². The first-order valence-corrected chi connectivity index (χ1v) is 8.66. The van der Waals surface area contributed by atoms with Gasteiger partial charge in [0.1, 0.15) is 12.4 Å². The van der Waals surface area contributed by atoms with Crippen molar-refractivity contribution in [1.82, 2.24) is 0 Å². The molecule has 3 aromatic carbocycles. The van der Waals surface area contributed by atoms with Gasteiger partial charge in [-0.25, -0.2) is 9.18 Å². The van der Waals surface area contributed by atoms with Crippen LogP contribution in [0.3, 0.4) is 0 Å². The van der Waals surface area contributed by atoms with Crippen LogP contribution in [0.1, 0.15) is 21.5 Å². The second-order valence-corrected chi connectivity index (χ2v) is 6.14. The number of carboxylic acid groups (broad SMARTS) is 1. The van der Waals surface area contributed by atoms with E-state index in [1.165, 1.54) is 12.1 Å². The Labute approximate surface area is 162 Å². The molecule has 0 spiro atoms. The molecule has 0 aliphatic heterocycles. The van der Waals surface area contributed by atoms with Gasteiger partial charge in [-0.05, 0) is 59.7 Å². The molecule has 0 aliphatic rings. The van der Waals surface area contributed by atoms with Crippen molar-refractivity contribution in [2.24, 2.45) is 0 Å². The number of hydrogen-bond donors (Lipinski definition) is 2. The van der Waals surface area contributed by atoms with Gasteiger partial charge in [0.2, 0.25) is 0 Å². The highest BCUT2D eigenvalue weighted by Gasteiger charge is 2.07. The van der Waals surface area contributed by atoms with Gasteiger partial charge >= 0.3 is 5.97 Å². The fraction of sp³-hybridized carbons (Fsp3) is 0.136. The summed E-state index contributed by atoms with van der Waals surface area (Å²) in [5.41, 5.74) is 2.91. The Kier molecular flexibility index (Phi) is 6.11. The highest BCUT2D eigenvalue weighted by Crippen LogP contribution is 2.29. The molecule has 0 saturated heterocycles. The zero-order chi connectivity index (χ0) is 19.9. The largest absolute Gasteiger partial charge is 0.493 e. The molecule has 5 nitrogen and oxygen atoms in total. The number of rotatable bonds is 8. The van der Waals surface area contributed by atoms with Crippen LogP contribution in [0.15, 0.2) is 66.7 Å². The number of ether oxygens (including phenoxy) is 2. The van der Waals surface area contributed by atoms with E-state index >= 15 is 0 Å². The van der Waals surface area contributed by atoms with E-state index in [1.807, 2.05) is 18.2 Å². The van der Waals surface area contributed by atoms with E-state index in [9.17, 15) is 9.18 Å². The number of anilines is 1. The predicted octanol–water partition coefficient (Wildman–Crippen LogP) is 4.72. The normalized spacial score (nSPS) is 10.4. The predicted molar refractivity (Wildman–Crippen MR) is 104 cm³/mol. The second kappa shape index (κ2) is 8.90. The van der Waals surface area contributed by atoms with Gasteiger partial charge in [-0.15, -0.1) is 0 Å². The number of carbonyl (C=O) groups is 1. The first-order valence-electron chi connectivity index (χ1n) is 8.66. The molecule has 0 radical (unpaired) electrons. The quantitative estimate of drug-likeness (QED) is 0.591. The van der Waals surface area contributed by atoms with E-state index in [0.29, 0.717) is 24.7 Å². The maximum atomic E-state index is 13.0. The summed E-state index contributed by atoms with van der Waals surface area (Å²) in [5.74, 6) is -0.0349. The SMILES string of the molecule is COc1cc(CNc2ccc(C(=O)O)cc2)ccc1OCc1ccc(F)cc1. The number of hydrogen-bond acceptors (Lipinski definition) is 4. The lowest BCUT2D eigenvalue weighted by Crippen LogP contribution is -2.02. The van der Waals surface area contributed by atoms with Crippen molar-refractivity contribution < 1.29 is 23.8 Å². The van der Waals surface area contributed by atoms with Crippen molar-refractivity contribution in [3.05, 3.63) is 89.2 Å². The monoisotopic (exact) mass is 381 g/mol. The van der Waals surface area contributed by atoms with Crippen molar-refractivity contribution in [2.45, 2.75) is 13.2 Å². The molecule has 0 aliphatic carbocycles. The standard InChI is InChI=1S/C22H20FNO4/c1-27-21-12-16(13-24-19-9-5-17(6-10-19)22(25)26)4-11-20(21)28-14-15-2-7-18(23)8-3-15/h2-12,24H,13-14H2,1H3,(H,25,26). The first-order chi connectivity index (χ1) is 13.5. The average molecular weight is 381 g/mol. The maximum Gasteiger partial charge on any atom is 0.335 e. The topological polar surface area (TPSA) is 67.8 Å². The van der Waals surface area contributed by atoms with E-state index in [2.05, 4.69) is 5.32 Å². The van der Waals surface area contributed by atoms with Gasteiger partial charge in [0.25, 0.3) is 0 Å². The van der Waals surface area contributed by atoms with Crippen molar-refractivity contribution in [2.75, 3.05) is 12.4 Å². The van der Waals surface area contributed by atoms with E-state index in [1.54, 1.807) is 43.5 Å². The molecule has 28 heavy (non-hydrogen) atoms. The Morgan fingerprint density at radius 2 is 1.64 bits per heavy atom. The summed E-state index contributed by atoms with van der Waals surface area (Å²) in [5, 5.41) is 12.2. The number of halogens is 1. The van der Waals surface area contributed by atoms with Crippen LogP contribution >= 0.6 is 0 Å². The molecular weight excluding hydrogens is 361 g/mol. The van der Waals surface area contributed by atoms with Crippen LogP contribution < -0.4 is 14.8 Å². The smallest absolute Gasteiger partial charge is 0.335 e. The van der Waals surface area contributed by atoms with E-state index in [0.717, 1.165) is 16.8 Å². The number of methoxy groups -OCH3 is 1. The molecule has 2 N–H and O–H groups in total. The molecule has 0 atom stereocenters. The van der Waals surface area contributed by atoms with Gasteiger partial charge in [0, 0.05) is 12.2 Å². The summed E-state index contributed by atoms with van der Waals surface area (Å²) in [6.45, 7) is 0.852. The van der Waals surface area contributed by atoms with Gasteiger partial charge in [0.15, 0.2) is 11.5 Å².